The maximum Gasteiger partial charge on any atom is 0.354 e. The molecule has 38 heavy (non-hydrogen) atoms. The van der Waals surface area contributed by atoms with Crippen molar-refractivity contribution in [2.24, 2.45) is 5.41 Å². The van der Waals surface area contributed by atoms with Crippen LogP contribution in [0.4, 0.5) is 16.0 Å². The van der Waals surface area contributed by atoms with E-state index in [9.17, 15) is 24.2 Å². The Labute approximate surface area is 215 Å². The van der Waals surface area contributed by atoms with Crippen molar-refractivity contribution in [1.29, 1.82) is 0 Å². The van der Waals surface area contributed by atoms with Gasteiger partial charge in [0, 0.05) is 18.4 Å². The lowest BCUT2D eigenvalue weighted by molar-refractivity contribution is -0.145. The van der Waals surface area contributed by atoms with Gasteiger partial charge in [0.15, 0.2) is 5.82 Å². The van der Waals surface area contributed by atoms with E-state index in [1.54, 1.807) is 36.4 Å². The first-order chi connectivity index (χ1) is 18.4. The molecule has 12 heteroatoms. The normalized spacial score (nSPS) is 14.1. The van der Waals surface area contributed by atoms with Crippen LogP contribution < -0.4 is 21.4 Å². The molecule has 0 saturated carbocycles. The minimum Gasteiger partial charge on any atom is -0.508 e. The van der Waals surface area contributed by atoms with Gasteiger partial charge < -0.3 is 25.0 Å². The van der Waals surface area contributed by atoms with E-state index < -0.39 is 22.6 Å². The second kappa shape index (κ2) is 10.4. The Morgan fingerprint density at radius 3 is 2.42 bits per heavy atom. The molecule has 0 radical (unpaired) electrons. The first-order valence-electron chi connectivity index (χ1n) is 11.7. The van der Waals surface area contributed by atoms with Crippen LogP contribution >= 0.6 is 0 Å². The van der Waals surface area contributed by atoms with Crippen molar-refractivity contribution in [3.8, 4) is 17.4 Å². The Kier molecular flexibility index (Phi) is 6.90. The molecule has 5 rings (SSSR count). The number of hydrogen-bond donors (Lipinski definition) is 3. The monoisotopic (exact) mass is 521 g/mol. The van der Waals surface area contributed by atoms with Crippen LogP contribution in [0.25, 0.3) is 0 Å². The summed E-state index contributed by atoms with van der Waals surface area (Å²) in [6.07, 6.45) is 1.41. The van der Waals surface area contributed by atoms with E-state index in [1.165, 1.54) is 35.0 Å². The minimum atomic E-state index is -0.773. The van der Waals surface area contributed by atoms with Crippen molar-refractivity contribution in [2.45, 2.75) is 13.1 Å². The van der Waals surface area contributed by atoms with Crippen LogP contribution in [0, 0.1) is 11.2 Å². The number of rotatable bonds is 9. The van der Waals surface area contributed by atoms with E-state index in [2.05, 4.69) is 15.3 Å². The van der Waals surface area contributed by atoms with Gasteiger partial charge in [-0.25, -0.2) is 23.5 Å². The van der Waals surface area contributed by atoms with Crippen LogP contribution in [0.3, 0.4) is 0 Å². The molecule has 1 saturated heterocycles. The third-order valence-corrected chi connectivity index (χ3v) is 6.12. The molecule has 0 atom stereocenters. The molecule has 4 aromatic rings. The van der Waals surface area contributed by atoms with Gasteiger partial charge in [-0.2, -0.15) is 4.98 Å². The Balaban J connectivity index is 1.46. The summed E-state index contributed by atoms with van der Waals surface area (Å²) in [5.41, 5.74) is -0.944. The Morgan fingerprint density at radius 1 is 1.05 bits per heavy atom. The molecule has 2 aromatic heterocycles. The number of pyridine rings is 1. The summed E-state index contributed by atoms with van der Waals surface area (Å²) in [5, 5.41) is 22.4. The molecule has 3 N–H and O–H groups in total. The third kappa shape index (κ3) is 5.26. The van der Waals surface area contributed by atoms with Crippen molar-refractivity contribution in [1.82, 2.24) is 19.1 Å². The summed E-state index contributed by atoms with van der Waals surface area (Å²) in [6, 6.07) is 15.4. The average Bonchev–Trinajstić information content (AvgIpc) is 2.89. The quantitative estimate of drug-likeness (QED) is 0.302. The SMILES string of the molecule is O=c1nc(Nc2ccc(Oc3ncccc3F)cc2)n(Cc2ccc(O)cc2)c(=O)n1CC1(CO)COC1. The third-order valence-electron chi connectivity index (χ3n) is 6.12. The van der Waals surface area contributed by atoms with Gasteiger partial charge in [-0.3, -0.25) is 4.57 Å². The van der Waals surface area contributed by atoms with E-state index >= 15 is 0 Å². The number of ether oxygens (including phenoxy) is 2. The zero-order valence-corrected chi connectivity index (χ0v) is 20.1. The Morgan fingerprint density at radius 2 is 1.79 bits per heavy atom. The molecule has 3 heterocycles. The fraction of sp³-hybridized carbons (Fsp3) is 0.231. The number of anilines is 2. The van der Waals surface area contributed by atoms with E-state index in [4.69, 9.17) is 9.47 Å². The highest BCUT2D eigenvalue weighted by molar-refractivity contribution is 5.55. The van der Waals surface area contributed by atoms with Crippen LogP contribution in [0.15, 0.2) is 76.4 Å². The number of nitrogens with one attached hydrogen (secondary N) is 1. The molecule has 11 nitrogen and oxygen atoms in total. The van der Waals surface area contributed by atoms with Crippen molar-refractivity contribution < 1.29 is 24.1 Å². The van der Waals surface area contributed by atoms with Gasteiger partial charge in [0.1, 0.15) is 11.5 Å². The molecule has 0 aliphatic carbocycles. The zero-order valence-electron chi connectivity index (χ0n) is 20.1. The summed E-state index contributed by atoms with van der Waals surface area (Å²) < 4.78 is 26.8. The van der Waals surface area contributed by atoms with Gasteiger partial charge in [0.25, 0.3) is 5.88 Å². The van der Waals surface area contributed by atoms with E-state index in [0.717, 1.165) is 4.57 Å². The second-order valence-electron chi connectivity index (χ2n) is 9.03. The van der Waals surface area contributed by atoms with E-state index in [1.807, 2.05) is 0 Å². The van der Waals surface area contributed by atoms with Crippen LogP contribution in [-0.4, -0.2) is 49.1 Å². The molecule has 0 bridgehead atoms. The summed E-state index contributed by atoms with van der Waals surface area (Å²) in [6.45, 7) is 0.222. The number of aliphatic hydroxyl groups excluding tert-OH is 1. The standard InChI is InChI=1S/C26H24FN5O6/c27-21-2-1-11-28-22(21)38-20-9-5-18(6-10-20)29-23-30-24(35)32(13-26(14-33)15-37-16-26)25(36)31(23)12-17-3-7-19(34)8-4-17/h1-11,33-34H,12-16H2,(H,29,30,35). The van der Waals surface area contributed by atoms with Gasteiger partial charge >= 0.3 is 11.4 Å². The van der Waals surface area contributed by atoms with Gasteiger partial charge in [0.2, 0.25) is 5.95 Å². The molecular formula is C26H24FN5O6. The Hall–Kier alpha value is -4.55. The summed E-state index contributed by atoms with van der Waals surface area (Å²) in [7, 11) is 0. The zero-order chi connectivity index (χ0) is 26.7. The maximum atomic E-state index is 13.8. The van der Waals surface area contributed by atoms with Gasteiger partial charge in [-0.15, -0.1) is 0 Å². The molecule has 2 aromatic carbocycles. The van der Waals surface area contributed by atoms with Gasteiger partial charge in [-0.05, 0) is 54.1 Å². The topological polar surface area (TPSA) is 141 Å². The number of halogens is 1. The predicted molar refractivity (Wildman–Crippen MR) is 134 cm³/mol. The van der Waals surface area contributed by atoms with E-state index in [0.29, 0.717) is 17.0 Å². The number of aromatic nitrogens is 4. The molecular weight excluding hydrogens is 497 g/mol. The molecule has 0 amide bonds. The number of hydrogen-bond acceptors (Lipinski definition) is 9. The lowest BCUT2D eigenvalue weighted by atomic mass is 9.87. The summed E-state index contributed by atoms with van der Waals surface area (Å²) >= 11 is 0. The van der Waals surface area contributed by atoms with Crippen molar-refractivity contribution in [3.05, 3.63) is 99.2 Å². The number of benzene rings is 2. The van der Waals surface area contributed by atoms with Crippen molar-refractivity contribution >= 4 is 11.6 Å². The fourth-order valence-electron chi connectivity index (χ4n) is 3.94. The predicted octanol–water partition coefficient (Wildman–Crippen LogP) is 2.24. The minimum absolute atomic E-state index is 0.00308. The summed E-state index contributed by atoms with van der Waals surface area (Å²) in [5.74, 6) is -0.370. The molecule has 1 aliphatic heterocycles. The lowest BCUT2D eigenvalue weighted by Gasteiger charge is -2.39. The van der Waals surface area contributed by atoms with Crippen molar-refractivity contribution in [2.75, 3.05) is 25.1 Å². The first-order valence-corrected chi connectivity index (χ1v) is 11.7. The van der Waals surface area contributed by atoms with Gasteiger partial charge in [0.05, 0.1) is 31.8 Å². The largest absolute Gasteiger partial charge is 0.508 e. The maximum absolute atomic E-state index is 13.8. The van der Waals surface area contributed by atoms with Crippen LogP contribution in [0.2, 0.25) is 0 Å². The van der Waals surface area contributed by atoms with E-state index in [-0.39, 0.29) is 50.5 Å². The highest BCUT2D eigenvalue weighted by Gasteiger charge is 2.39. The van der Waals surface area contributed by atoms with Crippen LogP contribution in [0.1, 0.15) is 5.56 Å². The number of phenols is 1. The summed E-state index contributed by atoms with van der Waals surface area (Å²) in [4.78, 5) is 34.4. The highest BCUT2D eigenvalue weighted by atomic mass is 19.1. The number of nitrogens with zero attached hydrogens (tertiary/aromatic N) is 4. The highest BCUT2D eigenvalue weighted by Crippen LogP contribution is 2.28. The lowest BCUT2D eigenvalue weighted by Crippen LogP contribution is -2.54. The molecule has 1 aliphatic rings. The first kappa shape index (κ1) is 25.1. The van der Waals surface area contributed by atoms with Crippen LogP contribution in [0.5, 0.6) is 17.4 Å². The molecule has 0 unspecified atom stereocenters. The second-order valence-corrected chi connectivity index (χ2v) is 9.03. The van der Waals surface area contributed by atoms with Gasteiger partial charge in [-0.1, -0.05) is 12.1 Å². The number of aromatic hydroxyl groups is 1. The fourth-order valence-corrected chi connectivity index (χ4v) is 3.94. The van der Waals surface area contributed by atoms with Crippen molar-refractivity contribution in [3.63, 3.8) is 0 Å². The Bertz CT molecular complexity index is 1540. The molecule has 196 valence electrons. The molecule has 1 fully saturated rings. The van der Waals surface area contributed by atoms with Crippen LogP contribution in [-0.2, 0) is 17.8 Å². The molecule has 0 spiro atoms. The number of phenolic OH excluding ortho intramolecular Hbond substituents is 1. The number of aliphatic hydroxyl groups is 1. The smallest absolute Gasteiger partial charge is 0.354 e. The average molecular weight is 522 g/mol.